The summed E-state index contributed by atoms with van der Waals surface area (Å²) in [6.45, 7) is 1.95. The van der Waals surface area contributed by atoms with Gasteiger partial charge >= 0.3 is 5.97 Å². The van der Waals surface area contributed by atoms with E-state index >= 15 is 0 Å². The summed E-state index contributed by atoms with van der Waals surface area (Å²) in [4.78, 5) is 19.0. The summed E-state index contributed by atoms with van der Waals surface area (Å²) in [5.74, 6) is -0.200. The fourth-order valence-corrected chi connectivity index (χ4v) is 1.79. The van der Waals surface area contributed by atoms with Gasteiger partial charge in [-0.15, -0.1) is 11.8 Å². The van der Waals surface area contributed by atoms with Gasteiger partial charge in [-0.3, -0.25) is 9.78 Å². The van der Waals surface area contributed by atoms with E-state index in [1.54, 1.807) is 18.6 Å². The maximum Gasteiger partial charge on any atom is 0.306 e. The molecule has 1 atom stereocenters. The zero-order chi connectivity index (χ0) is 10.4. The van der Waals surface area contributed by atoms with Gasteiger partial charge < -0.3 is 4.74 Å². The lowest BCUT2D eigenvalue weighted by Crippen LogP contribution is -2.08. The molecule has 0 saturated heterocycles. The van der Waals surface area contributed by atoms with Gasteiger partial charge in [-0.1, -0.05) is 6.92 Å². The highest BCUT2D eigenvalue weighted by Gasteiger charge is 2.10. The maximum atomic E-state index is 10.9. The second-order valence-electron chi connectivity index (χ2n) is 2.75. The summed E-state index contributed by atoms with van der Waals surface area (Å²) in [5.41, 5.74) is 0. The molecule has 1 rings (SSSR count). The molecule has 76 valence electrons. The van der Waals surface area contributed by atoms with Crippen molar-refractivity contribution in [1.29, 1.82) is 0 Å². The molecule has 1 unspecified atom stereocenters. The van der Waals surface area contributed by atoms with Gasteiger partial charge in [-0.25, -0.2) is 4.98 Å². The van der Waals surface area contributed by atoms with E-state index in [2.05, 4.69) is 14.7 Å². The lowest BCUT2D eigenvalue weighted by Gasteiger charge is -2.07. The average molecular weight is 212 g/mol. The number of hydrogen-bond acceptors (Lipinski definition) is 5. The van der Waals surface area contributed by atoms with Gasteiger partial charge in [-0.05, 0) is 0 Å². The molecule has 0 aliphatic heterocycles. The predicted octanol–water partition coefficient (Wildman–Crippen LogP) is 1.52. The molecule has 0 aliphatic rings. The monoisotopic (exact) mass is 212 g/mol. The topological polar surface area (TPSA) is 52.1 Å². The molecule has 0 spiro atoms. The maximum absolute atomic E-state index is 10.9. The predicted molar refractivity (Wildman–Crippen MR) is 54.0 cm³/mol. The van der Waals surface area contributed by atoms with Crippen molar-refractivity contribution in [3.05, 3.63) is 18.6 Å². The van der Waals surface area contributed by atoms with Crippen molar-refractivity contribution in [2.45, 2.75) is 23.6 Å². The number of carbonyl (C=O) groups excluding carboxylic acids is 1. The number of thioether (sulfide) groups is 1. The summed E-state index contributed by atoms with van der Waals surface area (Å²) in [6, 6.07) is 0. The van der Waals surface area contributed by atoms with Crippen molar-refractivity contribution in [3.8, 4) is 0 Å². The Morgan fingerprint density at radius 1 is 1.64 bits per heavy atom. The minimum absolute atomic E-state index is 0.152. The highest BCUT2D eigenvalue weighted by Crippen LogP contribution is 2.22. The van der Waals surface area contributed by atoms with Crippen LogP contribution >= 0.6 is 11.8 Å². The van der Waals surface area contributed by atoms with Crippen molar-refractivity contribution in [2.75, 3.05) is 7.11 Å². The molecule has 5 heteroatoms. The van der Waals surface area contributed by atoms with Crippen LogP contribution in [0.5, 0.6) is 0 Å². The Bertz CT molecular complexity index is 292. The first-order valence-corrected chi connectivity index (χ1v) is 5.10. The van der Waals surface area contributed by atoms with E-state index in [0.717, 1.165) is 5.03 Å². The van der Waals surface area contributed by atoms with Crippen molar-refractivity contribution in [1.82, 2.24) is 9.97 Å². The molecule has 0 N–H and O–H groups in total. The Labute approximate surface area is 87.1 Å². The lowest BCUT2D eigenvalue weighted by atomic mass is 10.3. The largest absolute Gasteiger partial charge is 0.469 e. The van der Waals surface area contributed by atoms with E-state index in [1.807, 2.05) is 6.92 Å². The van der Waals surface area contributed by atoms with Gasteiger partial charge in [0.25, 0.3) is 0 Å². The Morgan fingerprint density at radius 3 is 3.00 bits per heavy atom. The number of aromatic nitrogens is 2. The molecular formula is C9H12N2O2S. The Morgan fingerprint density at radius 2 is 2.43 bits per heavy atom. The molecule has 1 aromatic heterocycles. The van der Waals surface area contributed by atoms with Gasteiger partial charge in [0.2, 0.25) is 0 Å². The molecule has 0 bridgehead atoms. The van der Waals surface area contributed by atoms with Crippen LogP contribution in [0.2, 0.25) is 0 Å². The van der Waals surface area contributed by atoms with Crippen LogP contribution in [0, 0.1) is 0 Å². The Balaban J connectivity index is 2.41. The van der Waals surface area contributed by atoms with Gasteiger partial charge in [0.15, 0.2) is 0 Å². The van der Waals surface area contributed by atoms with Gasteiger partial charge in [0.05, 0.1) is 19.7 Å². The van der Waals surface area contributed by atoms with Crippen molar-refractivity contribution in [2.24, 2.45) is 0 Å². The summed E-state index contributed by atoms with van der Waals surface area (Å²) in [7, 11) is 1.39. The first-order chi connectivity index (χ1) is 6.72. The first-order valence-electron chi connectivity index (χ1n) is 4.22. The average Bonchev–Trinajstić information content (AvgIpc) is 2.19. The highest BCUT2D eigenvalue weighted by atomic mass is 32.2. The zero-order valence-electron chi connectivity index (χ0n) is 8.14. The van der Waals surface area contributed by atoms with Crippen molar-refractivity contribution < 1.29 is 9.53 Å². The number of methoxy groups -OCH3 is 1. The molecule has 0 radical (unpaired) electrons. The van der Waals surface area contributed by atoms with Crippen LogP contribution in [0.15, 0.2) is 23.6 Å². The minimum atomic E-state index is -0.200. The molecule has 14 heavy (non-hydrogen) atoms. The van der Waals surface area contributed by atoms with E-state index in [9.17, 15) is 4.79 Å². The van der Waals surface area contributed by atoms with Gasteiger partial charge in [-0.2, -0.15) is 0 Å². The number of rotatable bonds is 4. The van der Waals surface area contributed by atoms with E-state index in [0.29, 0.717) is 6.42 Å². The standard InChI is InChI=1S/C9H12N2O2S/c1-7(5-9(12)13-2)14-8-6-10-3-4-11-8/h3-4,6-7H,5H2,1-2H3. The molecule has 0 aromatic carbocycles. The molecule has 0 saturated carbocycles. The van der Waals surface area contributed by atoms with E-state index in [1.165, 1.54) is 18.9 Å². The normalized spacial score (nSPS) is 12.1. The Kier molecular flexibility index (Phi) is 4.39. The third kappa shape index (κ3) is 3.74. The van der Waals surface area contributed by atoms with Crippen LogP contribution in [0.3, 0.4) is 0 Å². The summed E-state index contributed by atoms with van der Waals surface area (Å²) < 4.78 is 4.57. The second-order valence-corrected chi connectivity index (χ2v) is 4.21. The van der Waals surface area contributed by atoms with Crippen LogP contribution in [-0.4, -0.2) is 28.3 Å². The van der Waals surface area contributed by atoms with Crippen molar-refractivity contribution >= 4 is 17.7 Å². The molecular weight excluding hydrogens is 200 g/mol. The van der Waals surface area contributed by atoms with Gasteiger partial charge in [0, 0.05) is 17.6 Å². The third-order valence-electron chi connectivity index (χ3n) is 1.54. The fraction of sp³-hybridized carbons (Fsp3) is 0.444. The molecule has 1 heterocycles. The molecule has 4 nitrogen and oxygen atoms in total. The quantitative estimate of drug-likeness (QED) is 0.559. The molecule has 1 aromatic rings. The summed E-state index contributed by atoms with van der Waals surface area (Å²) >= 11 is 1.51. The first kappa shape index (κ1) is 11.0. The van der Waals surface area contributed by atoms with Gasteiger partial charge in [0.1, 0.15) is 5.03 Å². The fourth-order valence-electron chi connectivity index (χ4n) is 0.912. The third-order valence-corrected chi connectivity index (χ3v) is 2.56. The number of nitrogens with zero attached hydrogens (tertiary/aromatic N) is 2. The smallest absolute Gasteiger partial charge is 0.306 e. The second kappa shape index (κ2) is 5.59. The lowest BCUT2D eigenvalue weighted by molar-refractivity contribution is -0.140. The molecule has 0 fully saturated rings. The summed E-state index contributed by atoms with van der Waals surface area (Å²) in [5, 5.41) is 0.975. The molecule has 0 aliphatic carbocycles. The SMILES string of the molecule is COC(=O)CC(C)Sc1cnccn1. The van der Waals surface area contributed by atoms with E-state index in [-0.39, 0.29) is 11.2 Å². The number of esters is 1. The summed E-state index contributed by atoms with van der Waals surface area (Å²) in [6.07, 6.45) is 5.32. The van der Waals surface area contributed by atoms with Crippen LogP contribution < -0.4 is 0 Å². The van der Waals surface area contributed by atoms with E-state index in [4.69, 9.17) is 0 Å². The van der Waals surface area contributed by atoms with Crippen LogP contribution in [0.1, 0.15) is 13.3 Å². The van der Waals surface area contributed by atoms with Crippen LogP contribution in [0.25, 0.3) is 0 Å². The molecule has 0 amide bonds. The van der Waals surface area contributed by atoms with Crippen molar-refractivity contribution in [3.63, 3.8) is 0 Å². The number of ether oxygens (including phenoxy) is 1. The minimum Gasteiger partial charge on any atom is -0.469 e. The number of hydrogen-bond donors (Lipinski definition) is 0. The van der Waals surface area contributed by atoms with Crippen LogP contribution in [0.4, 0.5) is 0 Å². The zero-order valence-corrected chi connectivity index (χ0v) is 8.95. The highest BCUT2D eigenvalue weighted by molar-refractivity contribution is 7.99. The van der Waals surface area contributed by atoms with Crippen LogP contribution in [-0.2, 0) is 9.53 Å². The van der Waals surface area contributed by atoms with E-state index < -0.39 is 0 Å². The number of carbonyl (C=O) groups is 1. The Hall–Kier alpha value is -1.10.